The van der Waals surface area contributed by atoms with Crippen LogP contribution < -0.4 is 15.5 Å². The highest BCUT2D eigenvalue weighted by atomic mass is 35.5. The van der Waals surface area contributed by atoms with Crippen molar-refractivity contribution in [3.63, 3.8) is 0 Å². The van der Waals surface area contributed by atoms with Crippen LogP contribution in [0.15, 0.2) is 23.3 Å². The van der Waals surface area contributed by atoms with Crippen molar-refractivity contribution < 1.29 is 14.3 Å². The third-order valence-corrected chi connectivity index (χ3v) is 2.99. The summed E-state index contributed by atoms with van der Waals surface area (Å²) in [6.45, 7) is 3.72. The highest BCUT2D eigenvalue weighted by molar-refractivity contribution is 6.35. The van der Waals surface area contributed by atoms with Crippen molar-refractivity contribution in [2.45, 2.75) is 26.3 Å². The Morgan fingerprint density at radius 2 is 2.14 bits per heavy atom. The van der Waals surface area contributed by atoms with Crippen LogP contribution in [0.2, 0.25) is 5.02 Å². The molecular weight excluding hydrogens is 294 g/mol. The second-order valence-electron chi connectivity index (χ2n) is 4.37. The van der Waals surface area contributed by atoms with E-state index < -0.39 is 11.8 Å². The van der Waals surface area contributed by atoms with Crippen LogP contribution in [0, 0.1) is 0 Å². The molecule has 1 aromatic carbocycles. The number of hydrogen-bond donors (Lipinski definition) is 2. The molecule has 0 unspecified atom stereocenters. The minimum absolute atomic E-state index is 0.0692. The Bertz CT molecular complexity index is 546. The van der Waals surface area contributed by atoms with Crippen LogP contribution in [0.4, 0.5) is 0 Å². The first kappa shape index (κ1) is 17.0. The predicted molar refractivity (Wildman–Crippen MR) is 81.6 cm³/mol. The molecule has 1 rings (SSSR count). The predicted octanol–water partition coefficient (Wildman–Crippen LogP) is 1.71. The standard InChI is InChI=1S/C14H18ClN3O3/c1-4-9(2)17-13(19)14(20)18-16-8-10-7-11(15)5-6-12(10)21-3/h5-9H,4H2,1-3H3,(H,17,19)(H,18,20)/b16-8-/t9-/m0/s1. The number of ether oxygens (including phenoxy) is 1. The summed E-state index contributed by atoms with van der Waals surface area (Å²) < 4.78 is 5.13. The van der Waals surface area contributed by atoms with Crippen molar-refractivity contribution in [3.8, 4) is 5.75 Å². The first-order chi connectivity index (χ1) is 9.97. The molecule has 0 saturated carbocycles. The second kappa shape index (κ2) is 8.26. The Morgan fingerprint density at radius 3 is 2.76 bits per heavy atom. The van der Waals surface area contributed by atoms with E-state index in [1.807, 2.05) is 13.8 Å². The van der Waals surface area contributed by atoms with Gasteiger partial charge in [-0.15, -0.1) is 0 Å². The van der Waals surface area contributed by atoms with Gasteiger partial charge in [-0.1, -0.05) is 18.5 Å². The van der Waals surface area contributed by atoms with Crippen LogP contribution >= 0.6 is 11.6 Å². The maximum absolute atomic E-state index is 11.5. The number of carbonyl (C=O) groups is 2. The molecule has 0 heterocycles. The van der Waals surface area contributed by atoms with Crippen LogP contribution in [-0.2, 0) is 9.59 Å². The number of nitrogens with one attached hydrogen (secondary N) is 2. The number of carbonyl (C=O) groups excluding carboxylic acids is 2. The van der Waals surface area contributed by atoms with E-state index in [0.717, 1.165) is 6.42 Å². The van der Waals surface area contributed by atoms with E-state index in [1.165, 1.54) is 13.3 Å². The third-order valence-electron chi connectivity index (χ3n) is 2.76. The summed E-state index contributed by atoms with van der Waals surface area (Å²) in [7, 11) is 1.51. The maximum atomic E-state index is 11.5. The summed E-state index contributed by atoms with van der Waals surface area (Å²) in [4.78, 5) is 23.0. The summed E-state index contributed by atoms with van der Waals surface area (Å²) in [6, 6.07) is 4.92. The molecule has 6 nitrogen and oxygen atoms in total. The van der Waals surface area contributed by atoms with Gasteiger partial charge in [0.1, 0.15) is 5.75 Å². The third kappa shape index (κ3) is 5.43. The number of rotatable bonds is 5. The average Bonchev–Trinajstić information content (AvgIpc) is 2.47. The molecule has 1 aromatic rings. The molecule has 0 aliphatic carbocycles. The van der Waals surface area contributed by atoms with E-state index in [2.05, 4.69) is 15.8 Å². The van der Waals surface area contributed by atoms with Crippen molar-refractivity contribution >= 4 is 29.6 Å². The molecule has 2 amide bonds. The van der Waals surface area contributed by atoms with E-state index in [1.54, 1.807) is 18.2 Å². The summed E-state index contributed by atoms with van der Waals surface area (Å²) in [5, 5.41) is 6.77. The number of hydrogen-bond acceptors (Lipinski definition) is 4. The fourth-order valence-electron chi connectivity index (χ4n) is 1.41. The molecule has 0 aliphatic heterocycles. The van der Waals surface area contributed by atoms with Crippen molar-refractivity contribution in [2.75, 3.05) is 7.11 Å². The Kier molecular flexibility index (Phi) is 6.68. The number of halogens is 1. The Morgan fingerprint density at radius 1 is 1.43 bits per heavy atom. The van der Waals surface area contributed by atoms with E-state index in [-0.39, 0.29) is 6.04 Å². The van der Waals surface area contributed by atoms with Crippen LogP contribution in [0.3, 0.4) is 0 Å². The quantitative estimate of drug-likeness (QED) is 0.493. The van der Waals surface area contributed by atoms with Gasteiger partial charge in [0, 0.05) is 16.6 Å². The van der Waals surface area contributed by atoms with Crippen molar-refractivity contribution in [1.82, 2.24) is 10.7 Å². The van der Waals surface area contributed by atoms with Gasteiger partial charge in [-0.25, -0.2) is 5.43 Å². The lowest BCUT2D eigenvalue weighted by Crippen LogP contribution is -2.41. The Balaban J connectivity index is 2.64. The maximum Gasteiger partial charge on any atom is 0.329 e. The lowest BCUT2D eigenvalue weighted by atomic mass is 10.2. The van der Waals surface area contributed by atoms with Gasteiger partial charge in [-0.2, -0.15) is 5.10 Å². The van der Waals surface area contributed by atoms with Crippen molar-refractivity contribution in [2.24, 2.45) is 5.10 Å². The summed E-state index contributed by atoms with van der Waals surface area (Å²) in [5.41, 5.74) is 2.74. The first-order valence-electron chi connectivity index (χ1n) is 6.45. The fourth-order valence-corrected chi connectivity index (χ4v) is 1.59. The SMILES string of the molecule is CC[C@H](C)NC(=O)C(=O)N/N=C\c1cc(Cl)ccc1OC. The molecule has 0 fully saturated rings. The average molecular weight is 312 g/mol. The van der Waals surface area contributed by atoms with Gasteiger partial charge < -0.3 is 10.1 Å². The molecule has 0 saturated heterocycles. The molecule has 7 heteroatoms. The second-order valence-corrected chi connectivity index (χ2v) is 4.80. The monoisotopic (exact) mass is 311 g/mol. The van der Waals surface area contributed by atoms with Gasteiger partial charge in [-0.05, 0) is 31.5 Å². The molecule has 21 heavy (non-hydrogen) atoms. The van der Waals surface area contributed by atoms with Gasteiger partial charge in [0.2, 0.25) is 0 Å². The largest absolute Gasteiger partial charge is 0.496 e. The number of hydrazone groups is 1. The number of benzene rings is 1. The van der Waals surface area contributed by atoms with Crippen molar-refractivity contribution in [1.29, 1.82) is 0 Å². The molecule has 114 valence electrons. The van der Waals surface area contributed by atoms with E-state index in [4.69, 9.17) is 16.3 Å². The lowest BCUT2D eigenvalue weighted by Gasteiger charge is -2.09. The zero-order valence-corrected chi connectivity index (χ0v) is 12.9. The topological polar surface area (TPSA) is 79.8 Å². The summed E-state index contributed by atoms with van der Waals surface area (Å²) in [5.74, 6) is -0.992. The van der Waals surface area contributed by atoms with Crippen LogP contribution in [0.25, 0.3) is 0 Å². The fraction of sp³-hybridized carbons (Fsp3) is 0.357. The Labute approximate surface area is 128 Å². The van der Waals surface area contributed by atoms with Crippen LogP contribution in [0.1, 0.15) is 25.8 Å². The molecule has 0 spiro atoms. The highest BCUT2D eigenvalue weighted by Crippen LogP contribution is 2.20. The van der Waals surface area contributed by atoms with E-state index >= 15 is 0 Å². The number of methoxy groups -OCH3 is 1. The molecule has 0 radical (unpaired) electrons. The summed E-state index contributed by atoms with van der Waals surface area (Å²) >= 11 is 5.87. The van der Waals surface area contributed by atoms with Crippen LogP contribution in [0.5, 0.6) is 5.75 Å². The van der Waals surface area contributed by atoms with Gasteiger partial charge in [0.05, 0.1) is 13.3 Å². The molecule has 0 aliphatic rings. The zero-order valence-electron chi connectivity index (χ0n) is 12.1. The van der Waals surface area contributed by atoms with Gasteiger partial charge in [0.15, 0.2) is 0 Å². The van der Waals surface area contributed by atoms with E-state index in [0.29, 0.717) is 16.3 Å². The molecule has 0 bridgehead atoms. The van der Waals surface area contributed by atoms with Gasteiger partial charge in [0.25, 0.3) is 0 Å². The van der Waals surface area contributed by atoms with Gasteiger partial charge in [-0.3, -0.25) is 9.59 Å². The minimum atomic E-state index is -0.826. The molecule has 2 N–H and O–H groups in total. The number of nitrogens with zero attached hydrogens (tertiary/aromatic N) is 1. The van der Waals surface area contributed by atoms with Crippen molar-refractivity contribution in [3.05, 3.63) is 28.8 Å². The zero-order chi connectivity index (χ0) is 15.8. The van der Waals surface area contributed by atoms with Gasteiger partial charge >= 0.3 is 11.8 Å². The summed E-state index contributed by atoms with van der Waals surface area (Å²) in [6.07, 6.45) is 2.10. The molecule has 0 aromatic heterocycles. The lowest BCUT2D eigenvalue weighted by molar-refractivity contribution is -0.139. The molecule has 1 atom stereocenters. The number of amides is 2. The highest BCUT2D eigenvalue weighted by Gasteiger charge is 2.14. The minimum Gasteiger partial charge on any atom is -0.496 e. The Hall–Kier alpha value is -2.08. The smallest absolute Gasteiger partial charge is 0.329 e. The van der Waals surface area contributed by atoms with E-state index in [9.17, 15) is 9.59 Å². The normalized spacial score (nSPS) is 12.0. The first-order valence-corrected chi connectivity index (χ1v) is 6.83. The van der Waals surface area contributed by atoms with Crippen LogP contribution in [-0.4, -0.2) is 31.2 Å². The molecular formula is C14H18ClN3O3.